The van der Waals surface area contributed by atoms with Crippen LogP contribution in [-0.4, -0.2) is 16.8 Å². The molecule has 0 radical (unpaired) electrons. The zero-order valence-electron chi connectivity index (χ0n) is 14.7. The number of furan rings is 2. The fourth-order valence-electron chi connectivity index (χ4n) is 2.85. The van der Waals surface area contributed by atoms with Gasteiger partial charge in [-0.05, 0) is 17.7 Å². The standard InChI is InChI=1S/C22H16N2O4/c23-24(21(25)17-11-12-27-14-17)22(26)20-18(15-7-3-1-4-8-15)13-19(28-20)16-9-5-2-6-10-16/h1-14H,23H2. The van der Waals surface area contributed by atoms with Crippen molar-refractivity contribution >= 4 is 11.8 Å². The van der Waals surface area contributed by atoms with Crippen molar-refractivity contribution in [3.05, 3.63) is 96.6 Å². The van der Waals surface area contributed by atoms with Crippen LogP contribution in [0.3, 0.4) is 0 Å². The van der Waals surface area contributed by atoms with Crippen LogP contribution in [0, 0.1) is 0 Å². The SMILES string of the molecule is NN(C(=O)c1ccoc1)C(=O)c1oc(-c2ccccc2)cc1-c1ccccc1. The van der Waals surface area contributed by atoms with Crippen molar-refractivity contribution in [3.63, 3.8) is 0 Å². The number of carbonyl (C=O) groups is 2. The van der Waals surface area contributed by atoms with E-state index >= 15 is 0 Å². The number of nitrogens with two attached hydrogens (primary N) is 1. The van der Waals surface area contributed by atoms with Gasteiger partial charge in [-0.2, -0.15) is 0 Å². The Morgan fingerprint density at radius 2 is 1.46 bits per heavy atom. The number of hydrogen-bond donors (Lipinski definition) is 1. The lowest BCUT2D eigenvalue weighted by atomic mass is 10.0. The minimum Gasteiger partial charge on any atom is -0.472 e. The number of rotatable bonds is 4. The van der Waals surface area contributed by atoms with Crippen LogP contribution < -0.4 is 5.84 Å². The molecule has 4 aromatic rings. The molecule has 0 unspecified atom stereocenters. The number of nitrogens with zero attached hydrogens (tertiary/aromatic N) is 1. The van der Waals surface area contributed by atoms with E-state index in [1.165, 1.54) is 18.6 Å². The highest BCUT2D eigenvalue weighted by molar-refractivity contribution is 6.11. The molecule has 0 atom stereocenters. The zero-order chi connectivity index (χ0) is 19.5. The van der Waals surface area contributed by atoms with Gasteiger partial charge in [0.15, 0.2) is 0 Å². The highest BCUT2D eigenvalue weighted by Gasteiger charge is 2.28. The van der Waals surface area contributed by atoms with Crippen LogP contribution in [0.5, 0.6) is 0 Å². The average molecular weight is 372 g/mol. The largest absolute Gasteiger partial charge is 0.472 e. The lowest BCUT2D eigenvalue weighted by Crippen LogP contribution is -2.42. The molecule has 0 saturated heterocycles. The topological polar surface area (TPSA) is 89.7 Å². The summed E-state index contributed by atoms with van der Waals surface area (Å²) in [5.74, 6) is 4.88. The summed E-state index contributed by atoms with van der Waals surface area (Å²) in [6, 6.07) is 21.9. The van der Waals surface area contributed by atoms with Gasteiger partial charge in [0.1, 0.15) is 12.0 Å². The van der Waals surface area contributed by atoms with Crippen LogP contribution in [-0.2, 0) is 0 Å². The predicted molar refractivity (Wildman–Crippen MR) is 103 cm³/mol. The molecule has 0 fully saturated rings. The van der Waals surface area contributed by atoms with Crippen molar-refractivity contribution < 1.29 is 18.4 Å². The smallest absolute Gasteiger partial charge is 0.311 e. The molecule has 28 heavy (non-hydrogen) atoms. The molecule has 0 aliphatic rings. The van der Waals surface area contributed by atoms with E-state index in [1.807, 2.05) is 60.7 Å². The van der Waals surface area contributed by atoms with Gasteiger partial charge in [0, 0.05) is 11.1 Å². The van der Waals surface area contributed by atoms with Crippen molar-refractivity contribution in [1.82, 2.24) is 5.01 Å². The molecular formula is C22H16N2O4. The molecule has 138 valence electrons. The van der Waals surface area contributed by atoms with Gasteiger partial charge in [-0.25, -0.2) is 10.9 Å². The molecule has 0 spiro atoms. The zero-order valence-corrected chi connectivity index (χ0v) is 14.7. The number of hydrazine groups is 1. The molecule has 2 aromatic heterocycles. The van der Waals surface area contributed by atoms with Gasteiger partial charge in [-0.1, -0.05) is 60.7 Å². The molecule has 2 N–H and O–H groups in total. The molecule has 2 heterocycles. The van der Waals surface area contributed by atoms with Crippen LogP contribution in [0.2, 0.25) is 0 Å². The van der Waals surface area contributed by atoms with Gasteiger partial charge >= 0.3 is 5.91 Å². The van der Waals surface area contributed by atoms with E-state index in [-0.39, 0.29) is 11.3 Å². The molecule has 0 saturated carbocycles. The molecule has 0 aliphatic carbocycles. The number of amides is 2. The maximum atomic E-state index is 13.0. The Morgan fingerprint density at radius 1 is 0.821 bits per heavy atom. The first kappa shape index (κ1) is 17.5. The van der Waals surface area contributed by atoms with Crippen LogP contribution >= 0.6 is 0 Å². The van der Waals surface area contributed by atoms with Crippen LogP contribution in [0.25, 0.3) is 22.5 Å². The number of hydrogen-bond acceptors (Lipinski definition) is 5. The van der Waals surface area contributed by atoms with Gasteiger partial charge in [0.25, 0.3) is 5.91 Å². The first-order valence-corrected chi connectivity index (χ1v) is 8.55. The average Bonchev–Trinajstić information content (AvgIpc) is 3.44. The fourth-order valence-corrected chi connectivity index (χ4v) is 2.85. The molecule has 6 heteroatoms. The van der Waals surface area contributed by atoms with Gasteiger partial charge in [-0.15, -0.1) is 0 Å². The van der Waals surface area contributed by atoms with Gasteiger partial charge < -0.3 is 8.83 Å². The molecule has 2 aromatic carbocycles. The first-order chi connectivity index (χ1) is 13.6. The molecule has 6 nitrogen and oxygen atoms in total. The van der Waals surface area contributed by atoms with E-state index < -0.39 is 11.8 Å². The number of imide groups is 1. The minimum absolute atomic E-state index is 0.00982. The van der Waals surface area contributed by atoms with Gasteiger partial charge in [0.2, 0.25) is 5.76 Å². The Hall–Kier alpha value is -3.90. The summed E-state index contributed by atoms with van der Waals surface area (Å²) in [6.07, 6.45) is 2.56. The first-order valence-electron chi connectivity index (χ1n) is 8.55. The fraction of sp³-hybridized carbons (Fsp3) is 0. The Morgan fingerprint density at radius 3 is 2.07 bits per heavy atom. The number of carbonyl (C=O) groups excluding carboxylic acids is 2. The molecular weight excluding hydrogens is 356 g/mol. The predicted octanol–water partition coefficient (Wildman–Crippen LogP) is 4.36. The quantitative estimate of drug-likeness (QED) is 0.249. The number of benzene rings is 2. The second kappa shape index (κ2) is 7.38. The second-order valence-electron chi connectivity index (χ2n) is 6.08. The Labute approximate surface area is 160 Å². The highest BCUT2D eigenvalue weighted by atomic mass is 16.4. The molecule has 4 rings (SSSR count). The van der Waals surface area contributed by atoms with Crippen molar-refractivity contribution in [2.24, 2.45) is 5.84 Å². The van der Waals surface area contributed by atoms with Crippen LogP contribution in [0.1, 0.15) is 20.9 Å². The maximum absolute atomic E-state index is 13.0. The van der Waals surface area contributed by atoms with E-state index in [4.69, 9.17) is 14.7 Å². The van der Waals surface area contributed by atoms with Crippen LogP contribution in [0.15, 0.2) is 94.2 Å². The summed E-state index contributed by atoms with van der Waals surface area (Å²) >= 11 is 0. The third-order valence-electron chi connectivity index (χ3n) is 4.28. The monoisotopic (exact) mass is 372 g/mol. The third-order valence-corrected chi connectivity index (χ3v) is 4.28. The van der Waals surface area contributed by atoms with E-state index in [0.717, 1.165) is 11.1 Å². The van der Waals surface area contributed by atoms with Crippen molar-refractivity contribution in [3.8, 4) is 22.5 Å². The normalized spacial score (nSPS) is 10.6. The van der Waals surface area contributed by atoms with Crippen LogP contribution in [0.4, 0.5) is 0 Å². The summed E-state index contributed by atoms with van der Waals surface area (Å²) in [6.45, 7) is 0. The van der Waals surface area contributed by atoms with Crippen molar-refractivity contribution in [2.75, 3.05) is 0 Å². The van der Waals surface area contributed by atoms with Crippen molar-refractivity contribution in [1.29, 1.82) is 0 Å². The summed E-state index contributed by atoms with van der Waals surface area (Å²) in [5.41, 5.74) is 2.32. The Bertz CT molecular complexity index is 1100. The van der Waals surface area contributed by atoms with E-state index in [9.17, 15) is 9.59 Å². The summed E-state index contributed by atoms with van der Waals surface area (Å²) in [5, 5.41) is 0.533. The molecule has 2 amide bonds. The Balaban J connectivity index is 1.77. The Kier molecular flexibility index (Phi) is 4.62. The minimum atomic E-state index is -0.743. The third kappa shape index (κ3) is 3.24. The molecule has 0 aliphatic heterocycles. The summed E-state index contributed by atoms with van der Waals surface area (Å²) in [4.78, 5) is 25.4. The van der Waals surface area contributed by atoms with Gasteiger partial charge in [0.05, 0.1) is 11.8 Å². The lowest BCUT2D eigenvalue weighted by Gasteiger charge is -2.13. The second-order valence-corrected chi connectivity index (χ2v) is 6.08. The van der Waals surface area contributed by atoms with Crippen molar-refractivity contribution in [2.45, 2.75) is 0 Å². The van der Waals surface area contributed by atoms with E-state index in [2.05, 4.69) is 0 Å². The lowest BCUT2D eigenvalue weighted by molar-refractivity contribution is 0.0597. The summed E-state index contributed by atoms with van der Waals surface area (Å²) < 4.78 is 10.7. The maximum Gasteiger partial charge on any atom is 0.311 e. The van der Waals surface area contributed by atoms with Gasteiger partial charge in [-0.3, -0.25) is 9.59 Å². The highest BCUT2D eigenvalue weighted by Crippen LogP contribution is 2.33. The van der Waals surface area contributed by atoms with E-state index in [0.29, 0.717) is 16.3 Å². The summed E-state index contributed by atoms with van der Waals surface area (Å²) in [7, 11) is 0. The van der Waals surface area contributed by atoms with E-state index in [1.54, 1.807) is 6.07 Å². The molecule has 0 bridgehead atoms.